The first kappa shape index (κ1) is 13.9. The molecule has 0 spiro atoms. The summed E-state index contributed by atoms with van der Waals surface area (Å²) in [5, 5.41) is 9.46. The molecule has 14 heavy (non-hydrogen) atoms. The summed E-state index contributed by atoms with van der Waals surface area (Å²) in [5.74, 6) is 0. The molecule has 0 saturated carbocycles. The Hall–Kier alpha value is -0.120. The van der Waals surface area contributed by atoms with Crippen LogP contribution in [0.25, 0.3) is 0 Å². The molecular weight excluding hydrogens is 178 g/mol. The van der Waals surface area contributed by atoms with Crippen molar-refractivity contribution in [2.75, 3.05) is 33.9 Å². The molecule has 0 amide bonds. The Morgan fingerprint density at radius 1 is 1.21 bits per heavy atom. The molecule has 1 N–H and O–H groups in total. The molecule has 1 atom stereocenters. The second-order valence-electron chi connectivity index (χ2n) is 4.05. The molecule has 0 rings (SSSR count). The Bertz CT molecular complexity index is 118. The largest absolute Gasteiger partial charge is 0.389 e. The highest BCUT2D eigenvalue weighted by Crippen LogP contribution is 1.99. The van der Waals surface area contributed by atoms with Crippen molar-refractivity contribution in [2.45, 2.75) is 38.7 Å². The van der Waals surface area contributed by atoms with E-state index < -0.39 is 0 Å². The molecule has 0 aromatic carbocycles. The van der Waals surface area contributed by atoms with Crippen molar-refractivity contribution in [3.63, 3.8) is 0 Å². The highest BCUT2D eigenvalue weighted by atomic mass is 16.5. The van der Waals surface area contributed by atoms with Crippen LogP contribution in [0.5, 0.6) is 0 Å². The minimum absolute atomic E-state index is 0.351. The first-order chi connectivity index (χ1) is 6.66. The zero-order chi connectivity index (χ0) is 10.8. The Morgan fingerprint density at radius 3 is 2.50 bits per heavy atom. The molecule has 0 saturated heterocycles. The fourth-order valence-corrected chi connectivity index (χ4v) is 1.32. The van der Waals surface area contributed by atoms with Gasteiger partial charge in [-0.3, -0.25) is 0 Å². The van der Waals surface area contributed by atoms with Crippen molar-refractivity contribution in [1.82, 2.24) is 4.90 Å². The number of likely N-dealkylation sites (N-methyl/N-ethyl adjacent to an activating group) is 1. The molecule has 1 unspecified atom stereocenters. The molecule has 86 valence electrons. The van der Waals surface area contributed by atoms with E-state index in [1.165, 1.54) is 19.3 Å². The van der Waals surface area contributed by atoms with Gasteiger partial charge in [0.2, 0.25) is 0 Å². The minimum Gasteiger partial charge on any atom is -0.389 e. The lowest BCUT2D eigenvalue weighted by atomic mass is 10.2. The van der Waals surface area contributed by atoms with Gasteiger partial charge in [0.15, 0.2) is 0 Å². The van der Waals surface area contributed by atoms with Crippen molar-refractivity contribution in [1.29, 1.82) is 0 Å². The molecule has 0 aromatic heterocycles. The lowest BCUT2D eigenvalue weighted by Crippen LogP contribution is -2.29. The van der Waals surface area contributed by atoms with Crippen LogP contribution in [0.2, 0.25) is 0 Å². The molecule has 0 fully saturated rings. The Balaban J connectivity index is 3.10. The van der Waals surface area contributed by atoms with Gasteiger partial charge in [-0.2, -0.15) is 0 Å². The maximum Gasteiger partial charge on any atom is 0.0899 e. The molecule has 3 nitrogen and oxygen atoms in total. The Kier molecular flexibility index (Phi) is 9.35. The van der Waals surface area contributed by atoms with E-state index in [2.05, 4.69) is 6.92 Å². The summed E-state index contributed by atoms with van der Waals surface area (Å²) in [4.78, 5) is 1.96. The topological polar surface area (TPSA) is 32.7 Å². The maximum absolute atomic E-state index is 9.46. The van der Waals surface area contributed by atoms with Gasteiger partial charge >= 0.3 is 0 Å². The van der Waals surface area contributed by atoms with Crippen LogP contribution in [0, 0.1) is 0 Å². The average Bonchev–Trinajstić information content (AvgIpc) is 2.10. The van der Waals surface area contributed by atoms with Gasteiger partial charge in [0.05, 0.1) is 12.7 Å². The van der Waals surface area contributed by atoms with E-state index in [9.17, 15) is 5.11 Å². The normalized spacial score (nSPS) is 13.5. The highest BCUT2D eigenvalue weighted by Gasteiger charge is 2.04. The monoisotopic (exact) mass is 203 g/mol. The molecule has 0 aliphatic rings. The second kappa shape index (κ2) is 9.44. The molecule has 0 bridgehead atoms. The minimum atomic E-state index is -0.351. The Labute approximate surface area is 88.1 Å². The summed E-state index contributed by atoms with van der Waals surface area (Å²) in [6, 6.07) is 0. The van der Waals surface area contributed by atoms with Crippen LogP contribution in [-0.2, 0) is 4.74 Å². The van der Waals surface area contributed by atoms with Crippen molar-refractivity contribution in [2.24, 2.45) is 0 Å². The smallest absolute Gasteiger partial charge is 0.0899 e. The van der Waals surface area contributed by atoms with Gasteiger partial charge in [-0.05, 0) is 20.5 Å². The predicted molar refractivity (Wildman–Crippen MR) is 59.5 cm³/mol. The van der Waals surface area contributed by atoms with Crippen LogP contribution < -0.4 is 0 Å². The lowest BCUT2D eigenvalue weighted by molar-refractivity contribution is 0.0229. The van der Waals surface area contributed by atoms with Crippen molar-refractivity contribution in [3.8, 4) is 0 Å². The summed E-state index contributed by atoms with van der Waals surface area (Å²) in [6.45, 7) is 4.12. The number of aliphatic hydroxyl groups excluding tert-OH is 1. The second-order valence-corrected chi connectivity index (χ2v) is 4.05. The summed E-state index contributed by atoms with van der Waals surface area (Å²) in [5.41, 5.74) is 0. The SMILES string of the molecule is CCCCCCOCC(O)CN(C)C. The lowest BCUT2D eigenvalue weighted by Gasteiger charge is -2.15. The third kappa shape index (κ3) is 9.96. The van der Waals surface area contributed by atoms with E-state index in [0.717, 1.165) is 13.0 Å². The third-order valence-electron chi connectivity index (χ3n) is 2.03. The number of hydrogen-bond donors (Lipinski definition) is 1. The van der Waals surface area contributed by atoms with E-state index in [-0.39, 0.29) is 6.10 Å². The van der Waals surface area contributed by atoms with Gasteiger partial charge in [-0.1, -0.05) is 26.2 Å². The van der Waals surface area contributed by atoms with E-state index in [0.29, 0.717) is 13.2 Å². The fourth-order valence-electron chi connectivity index (χ4n) is 1.32. The van der Waals surface area contributed by atoms with Crippen LogP contribution in [0.1, 0.15) is 32.6 Å². The van der Waals surface area contributed by atoms with Crippen LogP contribution in [0.4, 0.5) is 0 Å². The number of ether oxygens (including phenoxy) is 1. The molecular formula is C11H25NO2. The van der Waals surface area contributed by atoms with Gasteiger partial charge in [-0.25, -0.2) is 0 Å². The van der Waals surface area contributed by atoms with Gasteiger partial charge in [0, 0.05) is 13.2 Å². The zero-order valence-corrected chi connectivity index (χ0v) is 9.83. The Morgan fingerprint density at radius 2 is 1.93 bits per heavy atom. The predicted octanol–water partition coefficient (Wildman–Crippen LogP) is 1.51. The van der Waals surface area contributed by atoms with Gasteiger partial charge in [0.1, 0.15) is 0 Å². The van der Waals surface area contributed by atoms with Crippen molar-refractivity contribution in [3.05, 3.63) is 0 Å². The van der Waals surface area contributed by atoms with E-state index in [4.69, 9.17) is 4.74 Å². The fraction of sp³-hybridized carbons (Fsp3) is 1.00. The van der Waals surface area contributed by atoms with Crippen LogP contribution in [0.3, 0.4) is 0 Å². The van der Waals surface area contributed by atoms with E-state index >= 15 is 0 Å². The van der Waals surface area contributed by atoms with Crippen molar-refractivity contribution >= 4 is 0 Å². The molecule has 0 heterocycles. The first-order valence-corrected chi connectivity index (χ1v) is 5.57. The zero-order valence-electron chi connectivity index (χ0n) is 9.83. The van der Waals surface area contributed by atoms with Gasteiger partial charge < -0.3 is 14.7 Å². The molecule has 0 radical (unpaired) electrons. The average molecular weight is 203 g/mol. The quantitative estimate of drug-likeness (QED) is 0.577. The van der Waals surface area contributed by atoms with E-state index in [1.807, 2.05) is 19.0 Å². The number of hydrogen-bond acceptors (Lipinski definition) is 3. The first-order valence-electron chi connectivity index (χ1n) is 5.57. The number of nitrogens with zero attached hydrogens (tertiary/aromatic N) is 1. The van der Waals surface area contributed by atoms with Gasteiger partial charge in [0.25, 0.3) is 0 Å². The van der Waals surface area contributed by atoms with Crippen LogP contribution in [0.15, 0.2) is 0 Å². The van der Waals surface area contributed by atoms with Crippen LogP contribution >= 0.6 is 0 Å². The number of aliphatic hydroxyl groups is 1. The summed E-state index contributed by atoms with van der Waals surface area (Å²) < 4.78 is 5.37. The van der Waals surface area contributed by atoms with Crippen molar-refractivity contribution < 1.29 is 9.84 Å². The molecule has 0 aliphatic heterocycles. The summed E-state index contributed by atoms with van der Waals surface area (Å²) >= 11 is 0. The third-order valence-corrected chi connectivity index (χ3v) is 2.03. The van der Waals surface area contributed by atoms with Crippen LogP contribution in [-0.4, -0.2) is 50.0 Å². The standard InChI is InChI=1S/C11H25NO2/c1-4-5-6-7-8-14-10-11(13)9-12(2)3/h11,13H,4-10H2,1-3H3. The highest BCUT2D eigenvalue weighted by molar-refractivity contribution is 4.56. The number of unbranched alkanes of at least 4 members (excludes halogenated alkanes) is 3. The van der Waals surface area contributed by atoms with E-state index in [1.54, 1.807) is 0 Å². The molecule has 0 aliphatic carbocycles. The summed E-state index contributed by atoms with van der Waals surface area (Å²) in [7, 11) is 3.90. The number of rotatable bonds is 9. The van der Waals surface area contributed by atoms with Gasteiger partial charge in [-0.15, -0.1) is 0 Å². The molecule has 3 heteroatoms. The molecule has 0 aromatic rings. The maximum atomic E-state index is 9.46. The summed E-state index contributed by atoms with van der Waals surface area (Å²) in [6.07, 6.45) is 4.53.